The third kappa shape index (κ3) is 4.21. The SMILES string of the molecule is COc1ccccc1CC(NC(C)=O)C(=O)N1CCNCC1. The minimum absolute atomic E-state index is 0.0393. The van der Waals surface area contributed by atoms with Crippen molar-refractivity contribution in [3.8, 4) is 5.75 Å². The van der Waals surface area contributed by atoms with Crippen LogP contribution in [0.3, 0.4) is 0 Å². The van der Waals surface area contributed by atoms with Crippen molar-refractivity contribution >= 4 is 11.8 Å². The molecule has 22 heavy (non-hydrogen) atoms. The van der Waals surface area contributed by atoms with Crippen LogP contribution in [-0.2, 0) is 16.0 Å². The molecule has 2 N–H and O–H groups in total. The molecule has 6 nitrogen and oxygen atoms in total. The average Bonchev–Trinajstić information content (AvgIpc) is 2.54. The van der Waals surface area contributed by atoms with Crippen LogP contribution in [0.1, 0.15) is 12.5 Å². The van der Waals surface area contributed by atoms with Crippen LogP contribution >= 0.6 is 0 Å². The molecular formula is C16H23N3O3. The largest absolute Gasteiger partial charge is 0.496 e. The van der Waals surface area contributed by atoms with E-state index in [-0.39, 0.29) is 11.8 Å². The molecule has 0 aliphatic carbocycles. The van der Waals surface area contributed by atoms with Crippen molar-refractivity contribution in [2.75, 3.05) is 33.3 Å². The molecule has 2 rings (SSSR count). The van der Waals surface area contributed by atoms with Crippen molar-refractivity contribution in [3.05, 3.63) is 29.8 Å². The number of nitrogens with zero attached hydrogens (tertiary/aromatic N) is 1. The maximum atomic E-state index is 12.7. The number of methoxy groups -OCH3 is 1. The lowest BCUT2D eigenvalue weighted by atomic mass is 10.0. The van der Waals surface area contributed by atoms with Crippen LogP contribution in [0, 0.1) is 0 Å². The van der Waals surface area contributed by atoms with Gasteiger partial charge in [-0.15, -0.1) is 0 Å². The Labute approximate surface area is 130 Å². The summed E-state index contributed by atoms with van der Waals surface area (Å²) in [6.45, 7) is 4.34. The molecule has 1 saturated heterocycles. The van der Waals surface area contributed by atoms with E-state index >= 15 is 0 Å². The Morgan fingerprint density at radius 3 is 2.64 bits per heavy atom. The summed E-state index contributed by atoms with van der Waals surface area (Å²) in [5.41, 5.74) is 0.909. The Bertz CT molecular complexity index is 527. The van der Waals surface area contributed by atoms with E-state index in [2.05, 4.69) is 10.6 Å². The van der Waals surface area contributed by atoms with Crippen molar-refractivity contribution in [2.24, 2.45) is 0 Å². The van der Waals surface area contributed by atoms with Crippen LogP contribution in [0.4, 0.5) is 0 Å². The normalized spacial score (nSPS) is 16.0. The monoisotopic (exact) mass is 305 g/mol. The van der Waals surface area contributed by atoms with Crippen molar-refractivity contribution in [1.29, 1.82) is 0 Å². The maximum Gasteiger partial charge on any atom is 0.245 e. The highest BCUT2D eigenvalue weighted by Crippen LogP contribution is 2.19. The molecule has 1 heterocycles. The fraction of sp³-hybridized carbons (Fsp3) is 0.500. The topological polar surface area (TPSA) is 70.7 Å². The summed E-state index contributed by atoms with van der Waals surface area (Å²) < 4.78 is 5.33. The fourth-order valence-electron chi connectivity index (χ4n) is 2.64. The summed E-state index contributed by atoms with van der Waals surface area (Å²) in [4.78, 5) is 25.9. The number of carbonyl (C=O) groups excluding carboxylic acids is 2. The first-order chi connectivity index (χ1) is 10.6. The van der Waals surface area contributed by atoms with Crippen LogP contribution in [0.2, 0.25) is 0 Å². The summed E-state index contributed by atoms with van der Waals surface area (Å²) in [7, 11) is 1.60. The number of benzene rings is 1. The molecule has 0 spiro atoms. The lowest BCUT2D eigenvalue weighted by Gasteiger charge is -2.31. The highest BCUT2D eigenvalue weighted by atomic mass is 16.5. The van der Waals surface area contributed by atoms with E-state index in [0.717, 1.165) is 24.4 Å². The molecule has 1 unspecified atom stereocenters. The second kappa shape index (κ2) is 7.79. The summed E-state index contributed by atoms with van der Waals surface area (Å²) >= 11 is 0. The van der Waals surface area contributed by atoms with E-state index in [0.29, 0.717) is 19.5 Å². The van der Waals surface area contributed by atoms with Gasteiger partial charge in [0, 0.05) is 39.5 Å². The van der Waals surface area contributed by atoms with Gasteiger partial charge in [-0.05, 0) is 11.6 Å². The molecule has 1 fully saturated rings. The van der Waals surface area contributed by atoms with Gasteiger partial charge < -0.3 is 20.3 Å². The first-order valence-corrected chi connectivity index (χ1v) is 7.50. The van der Waals surface area contributed by atoms with Gasteiger partial charge >= 0.3 is 0 Å². The van der Waals surface area contributed by atoms with Gasteiger partial charge in [-0.25, -0.2) is 0 Å². The Hall–Kier alpha value is -2.08. The summed E-state index contributed by atoms with van der Waals surface area (Å²) in [5, 5.41) is 5.99. The van der Waals surface area contributed by atoms with Gasteiger partial charge in [0.1, 0.15) is 11.8 Å². The van der Waals surface area contributed by atoms with Crippen LogP contribution in [-0.4, -0.2) is 56.0 Å². The van der Waals surface area contributed by atoms with Crippen molar-refractivity contribution < 1.29 is 14.3 Å². The zero-order valence-corrected chi connectivity index (χ0v) is 13.1. The van der Waals surface area contributed by atoms with E-state index in [1.54, 1.807) is 12.0 Å². The fourth-order valence-corrected chi connectivity index (χ4v) is 2.64. The third-order valence-corrected chi connectivity index (χ3v) is 3.72. The van der Waals surface area contributed by atoms with Gasteiger partial charge in [0.15, 0.2) is 0 Å². The minimum atomic E-state index is -0.563. The molecule has 0 aromatic heterocycles. The number of carbonyl (C=O) groups is 2. The van der Waals surface area contributed by atoms with E-state index in [9.17, 15) is 9.59 Å². The van der Waals surface area contributed by atoms with Gasteiger partial charge in [0.2, 0.25) is 11.8 Å². The van der Waals surface area contributed by atoms with Gasteiger partial charge in [-0.1, -0.05) is 18.2 Å². The highest BCUT2D eigenvalue weighted by Gasteiger charge is 2.27. The minimum Gasteiger partial charge on any atom is -0.496 e. The molecule has 1 atom stereocenters. The number of hydrogen-bond acceptors (Lipinski definition) is 4. The van der Waals surface area contributed by atoms with Crippen molar-refractivity contribution in [3.63, 3.8) is 0 Å². The predicted octanol–water partition coefficient (Wildman–Crippen LogP) is 0.174. The number of piperazine rings is 1. The lowest BCUT2D eigenvalue weighted by Crippen LogP contribution is -2.54. The molecule has 6 heteroatoms. The van der Waals surface area contributed by atoms with E-state index in [4.69, 9.17) is 4.74 Å². The average molecular weight is 305 g/mol. The molecule has 1 aromatic rings. The zero-order chi connectivity index (χ0) is 15.9. The van der Waals surface area contributed by atoms with Crippen molar-refractivity contribution in [1.82, 2.24) is 15.5 Å². The van der Waals surface area contributed by atoms with Crippen LogP contribution in [0.25, 0.3) is 0 Å². The number of amides is 2. The molecule has 0 radical (unpaired) electrons. The van der Waals surface area contributed by atoms with E-state index < -0.39 is 6.04 Å². The standard InChI is InChI=1S/C16H23N3O3/c1-12(20)18-14(16(21)19-9-7-17-8-10-19)11-13-5-3-4-6-15(13)22-2/h3-6,14,17H,7-11H2,1-2H3,(H,18,20). The molecule has 0 bridgehead atoms. The number of para-hydroxylation sites is 1. The van der Waals surface area contributed by atoms with Crippen LogP contribution in [0.15, 0.2) is 24.3 Å². The Balaban J connectivity index is 2.14. The number of ether oxygens (including phenoxy) is 1. The summed E-state index contributed by atoms with van der Waals surface area (Å²) in [5.74, 6) is 0.483. The van der Waals surface area contributed by atoms with Gasteiger partial charge in [-0.3, -0.25) is 9.59 Å². The first kappa shape index (κ1) is 16.3. The number of hydrogen-bond donors (Lipinski definition) is 2. The molecule has 0 saturated carbocycles. The van der Waals surface area contributed by atoms with Crippen LogP contribution < -0.4 is 15.4 Å². The molecule has 1 aromatic carbocycles. The first-order valence-electron chi connectivity index (χ1n) is 7.50. The van der Waals surface area contributed by atoms with Gasteiger partial charge in [-0.2, -0.15) is 0 Å². The van der Waals surface area contributed by atoms with Crippen molar-refractivity contribution in [2.45, 2.75) is 19.4 Å². The lowest BCUT2D eigenvalue weighted by molar-refractivity contribution is -0.136. The van der Waals surface area contributed by atoms with Gasteiger partial charge in [0.05, 0.1) is 7.11 Å². The summed E-state index contributed by atoms with van der Waals surface area (Å²) in [6, 6.07) is 6.99. The van der Waals surface area contributed by atoms with Gasteiger partial charge in [0.25, 0.3) is 0 Å². The Morgan fingerprint density at radius 1 is 1.32 bits per heavy atom. The second-order valence-corrected chi connectivity index (χ2v) is 5.34. The maximum absolute atomic E-state index is 12.7. The Kier molecular flexibility index (Phi) is 5.77. The molecule has 2 amide bonds. The quantitative estimate of drug-likeness (QED) is 0.814. The number of rotatable bonds is 5. The van der Waals surface area contributed by atoms with E-state index in [1.165, 1.54) is 6.92 Å². The van der Waals surface area contributed by atoms with E-state index in [1.807, 2.05) is 24.3 Å². The summed E-state index contributed by atoms with van der Waals surface area (Å²) in [6.07, 6.45) is 0.423. The third-order valence-electron chi connectivity index (χ3n) is 3.72. The molecule has 120 valence electrons. The smallest absolute Gasteiger partial charge is 0.245 e. The number of nitrogens with one attached hydrogen (secondary N) is 2. The Morgan fingerprint density at radius 2 is 2.00 bits per heavy atom. The predicted molar refractivity (Wildman–Crippen MR) is 83.8 cm³/mol. The highest BCUT2D eigenvalue weighted by molar-refractivity contribution is 5.87. The molecule has 1 aliphatic rings. The van der Waals surface area contributed by atoms with Crippen LogP contribution in [0.5, 0.6) is 5.75 Å². The molecular weight excluding hydrogens is 282 g/mol. The second-order valence-electron chi connectivity index (χ2n) is 5.34. The molecule has 1 aliphatic heterocycles. The zero-order valence-electron chi connectivity index (χ0n) is 13.1.